The van der Waals surface area contributed by atoms with E-state index in [1.54, 1.807) is 0 Å². The number of nitrogens with one attached hydrogen (secondary N) is 1. The maximum atomic E-state index is 13.3. The van der Waals surface area contributed by atoms with Crippen molar-refractivity contribution in [2.45, 2.75) is 25.0 Å². The predicted molar refractivity (Wildman–Crippen MR) is 114 cm³/mol. The Bertz CT molecular complexity index is 989. The van der Waals surface area contributed by atoms with Gasteiger partial charge in [0, 0.05) is 24.2 Å². The molecule has 0 aromatic heterocycles. The summed E-state index contributed by atoms with van der Waals surface area (Å²) in [7, 11) is 0. The Morgan fingerprint density at radius 3 is 2.52 bits per heavy atom. The molecule has 148 valence electrons. The zero-order chi connectivity index (χ0) is 19.8. The van der Waals surface area contributed by atoms with Gasteiger partial charge in [0.1, 0.15) is 5.82 Å². The van der Waals surface area contributed by atoms with Crippen LogP contribution >= 0.6 is 0 Å². The Hall–Kier alpha value is -2.69. The van der Waals surface area contributed by atoms with Gasteiger partial charge in [0.2, 0.25) is 0 Å². The summed E-state index contributed by atoms with van der Waals surface area (Å²) in [6, 6.07) is 24.1. The van der Waals surface area contributed by atoms with Crippen LogP contribution in [0, 0.1) is 11.7 Å². The topological polar surface area (TPSA) is 35.5 Å². The highest BCUT2D eigenvalue weighted by atomic mass is 19.1. The van der Waals surface area contributed by atoms with Crippen LogP contribution in [0.5, 0.6) is 0 Å². The summed E-state index contributed by atoms with van der Waals surface area (Å²) >= 11 is 0. The highest BCUT2D eigenvalue weighted by Gasteiger charge is 2.43. The van der Waals surface area contributed by atoms with Gasteiger partial charge in [0.15, 0.2) is 0 Å². The van der Waals surface area contributed by atoms with Crippen LogP contribution in [0.1, 0.15) is 23.6 Å². The first kappa shape index (κ1) is 18.3. The molecule has 1 saturated heterocycles. The van der Waals surface area contributed by atoms with E-state index >= 15 is 0 Å². The number of aliphatic hydroxyl groups excluding tert-OH is 1. The zero-order valence-corrected chi connectivity index (χ0v) is 16.3. The van der Waals surface area contributed by atoms with E-state index in [2.05, 4.69) is 52.7 Å². The van der Waals surface area contributed by atoms with Crippen LogP contribution in [0.3, 0.4) is 0 Å². The van der Waals surface area contributed by atoms with Crippen molar-refractivity contribution in [2.75, 3.05) is 18.5 Å². The van der Waals surface area contributed by atoms with Gasteiger partial charge in [-0.3, -0.25) is 4.90 Å². The normalized spacial score (nSPS) is 23.3. The summed E-state index contributed by atoms with van der Waals surface area (Å²) in [5.41, 5.74) is 5.93. The Morgan fingerprint density at radius 2 is 1.76 bits per heavy atom. The Balaban J connectivity index is 1.52. The van der Waals surface area contributed by atoms with E-state index in [1.807, 2.05) is 18.2 Å². The molecule has 2 heterocycles. The van der Waals surface area contributed by atoms with E-state index in [9.17, 15) is 9.50 Å². The average molecular weight is 388 g/mol. The number of nitrogens with zero attached hydrogens (tertiary/aromatic N) is 1. The van der Waals surface area contributed by atoms with E-state index in [-0.39, 0.29) is 24.5 Å². The molecule has 2 aliphatic rings. The van der Waals surface area contributed by atoms with Crippen LogP contribution in [0.2, 0.25) is 0 Å². The van der Waals surface area contributed by atoms with Gasteiger partial charge in [0.25, 0.3) is 0 Å². The van der Waals surface area contributed by atoms with E-state index in [1.165, 1.54) is 28.8 Å². The van der Waals surface area contributed by atoms with Gasteiger partial charge < -0.3 is 10.4 Å². The van der Waals surface area contributed by atoms with Gasteiger partial charge in [-0.25, -0.2) is 4.39 Å². The number of anilines is 1. The third kappa shape index (κ3) is 3.43. The van der Waals surface area contributed by atoms with Crippen LogP contribution < -0.4 is 5.32 Å². The Labute approximate surface area is 170 Å². The third-order valence-electron chi connectivity index (χ3n) is 6.38. The molecule has 0 bridgehead atoms. The van der Waals surface area contributed by atoms with Crippen molar-refractivity contribution in [3.8, 4) is 11.1 Å². The van der Waals surface area contributed by atoms with Crippen molar-refractivity contribution in [2.24, 2.45) is 5.92 Å². The molecule has 2 N–H and O–H groups in total. The number of rotatable bonds is 4. The van der Waals surface area contributed by atoms with Crippen molar-refractivity contribution >= 4 is 5.69 Å². The third-order valence-corrected chi connectivity index (χ3v) is 6.38. The first-order chi connectivity index (χ1) is 14.2. The van der Waals surface area contributed by atoms with Crippen LogP contribution in [-0.2, 0) is 6.54 Å². The minimum absolute atomic E-state index is 0.0632. The number of hydrogen-bond acceptors (Lipinski definition) is 3. The lowest BCUT2D eigenvalue weighted by Gasteiger charge is -2.39. The monoisotopic (exact) mass is 388 g/mol. The standard InChI is InChI=1S/C25H25FN2O/c26-20-9-6-17(7-10-20)15-28-13-12-21-24(16-29)27-23-11-8-19(14-22(23)25(21)28)18-4-2-1-3-5-18/h1-11,14,21,24-25,27,29H,12-13,15-16H2/t21-,24+,25-/m1/s1. The van der Waals surface area contributed by atoms with E-state index in [4.69, 9.17) is 0 Å². The molecule has 3 nitrogen and oxygen atoms in total. The van der Waals surface area contributed by atoms with Crippen molar-refractivity contribution in [1.82, 2.24) is 4.90 Å². The lowest BCUT2D eigenvalue weighted by Crippen LogP contribution is -2.41. The zero-order valence-electron chi connectivity index (χ0n) is 16.3. The quantitative estimate of drug-likeness (QED) is 0.671. The average Bonchev–Trinajstić information content (AvgIpc) is 3.19. The Kier molecular flexibility index (Phi) is 4.82. The fourth-order valence-corrected chi connectivity index (χ4v) is 4.97. The fraction of sp³-hybridized carbons (Fsp3) is 0.280. The number of aliphatic hydroxyl groups is 1. The Morgan fingerprint density at radius 1 is 0.966 bits per heavy atom. The van der Waals surface area contributed by atoms with Gasteiger partial charge in [0.05, 0.1) is 12.6 Å². The molecule has 0 unspecified atom stereocenters. The van der Waals surface area contributed by atoms with Crippen LogP contribution in [0.25, 0.3) is 11.1 Å². The molecule has 3 atom stereocenters. The summed E-state index contributed by atoms with van der Waals surface area (Å²) in [6.45, 7) is 1.89. The van der Waals surface area contributed by atoms with Gasteiger partial charge >= 0.3 is 0 Å². The van der Waals surface area contributed by atoms with Crippen LogP contribution in [0.15, 0.2) is 72.8 Å². The number of halogens is 1. The molecule has 2 aliphatic heterocycles. The highest BCUT2D eigenvalue weighted by Crippen LogP contribution is 2.47. The first-order valence-electron chi connectivity index (χ1n) is 10.3. The number of hydrogen-bond donors (Lipinski definition) is 2. The summed E-state index contributed by atoms with van der Waals surface area (Å²) < 4.78 is 13.3. The summed E-state index contributed by atoms with van der Waals surface area (Å²) in [6.07, 6.45) is 1.04. The minimum Gasteiger partial charge on any atom is -0.394 e. The molecule has 0 amide bonds. The summed E-state index contributed by atoms with van der Waals surface area (Å²) in [4.78, 5) is 2.48. The highest BCUT2D eigenvalue weighted by molar-refractivity contribution is 5.70. The molecule has 0 aliphatic carbocycles. The molecule has 0 radical (unpaired) electrons. The molecular formula is C25H25FN2O. The van der Waals surface area contributed by atoms with Gasteiger partial charge in [-0.15, -0.1) is 0 Å². The number of fused-ring (bicyclic) bond motifs is 3. The second-order valence-corrected chi connectivity index (χ2v) is 8.10. The molecule has 29 heavy (non-hydrogen) atoms. The molecule has 0 saturated carbocycles. The smallest absolute Gasteiger partial charge is 0.123 e. The van der Waals surface area contributed by atoms with Gasteiger partial charge in [-0.2, -0.15) is 0 Å². The lowest BCUT2D eigenvalue weighted by atomic mass is 9.82. The van der Waals surface area contributed by atoms with Crippen molar-refractivity contribution in [3.05, 3.63) is 89.7 Å². The first-order valence-corrected chi connectivity index (χ1v) is 10.3. The summed E-state index contributed by atoms with van der Waals surface area (Å²) in [5.74, 6) is 0.159. The number of benzene rings is 3. The maximum Gasteiger partial charge on any atom is 0.123 e. The molecule has 4 heteroatoms. The van der Waals surface area contributed by atoms with Gasteiger partial charge in [-0.1, -0.05) is 48.5 Å². The largest absolute Gasteiger partial charge is 0.394 e. The van der Waals surface area contributed by atoms with E-state index < -0.39 is 0 Å². The molecule has 1 fully saturated rings. The molecule has 5 rings (SSSR count). The van der Waals surface area contributed by atoms with Crippen molar-refractivity contribution in [1.29, 1.82) is 0 Å². The predicted octanol–water partition coefficient (Wildman–Crippen LogP) is 4.84. The lowest BCUT2D eigenvalue weighted by molar-refractivity contribution is 0.172. The van der Waals surface area contributed by atoms with Crippen LogP contribution in [0.4, 0.5) is 10.1 Å². The van der Waals surface area contributed by atoms with Crippen molar-refractivity contribution < 1.29 is 9.50 Å². The van der Waals surface area contributed by atoms with E-state index in [0.29, 0.717) is 5.92 Å². The van der Waals surface area contributed by atoms with Crippen molar-refractivity contribution in [3.63, 3.8) is 0 Å². The second kappa shape index (κ2) is 7.62. The minimum atomic E-state index is -0.201. The van der Waals surface area contributed by atoms with Crippen LogP contribution in [-0.4, -0.2) is 29.2 Å². The fourth-order valence-electron chi connectivity index (χ4n) is 4.97. The molecule has 3 aromatic carbocycles. The SMILES string of the molecule is OC[C@@H]1Nc2ccc(-c3ccccc3)cc2[C@H]2[C@@H]1CCN2Cc1ccc(F)cc1. The molecule has 3 aromatic rings. The number of likely N-dealkylation sites (tertiary alicyclic amines) is 1. The maximum absolute atomic E-state index is 13.3. The summed E-state index contributed by atoms with van der Waals surface area (Å²) in [5, 5.41) is 13.5. The van der Waals surface area contributed by atoms with E-state index in [0.717, 1.165) is 30.8 Å². The second-order valence-electron chi connectivity index (χ2n) is 8.10. The molecule has 0 spiro atoms. The molecular weight excluding hydrogens is 363 g/mol. The van der Waals surface area contributed by atoms with Gasteiger partial charge in [-0.05, 0) is 59.5 Å².